The highest BCUT2D eigenvalue weighted by molar-refractivity contribution is 5.89. The second-order valence-electron chi connectivity index (χ2n) is 6.32. The molecule has 0 atom stereocenters. The van der Waals surface area contributed by atoms with E-state index >= 15 is 0 Å². The van der Waals surface area contributed by atoms with E-state index in [4.69, 9.17) is 10.5 Å². The maximum Gasteiger partial charge on any atom is 0.337 e. The number of methoxy groups -OCH3 is 1. The fourth-order valence-electron chi connectivity index (χ4n) is 3.03. The Morgan fingerprint density at radius 2 is 1.85 bits per heavy atom. The molecule has 0 aromatic heterocycles. The van der Waals surface area contributed by atoms with Crippen LogP contribution in [0.15, 0.2) is 53.5 Å². The summed E-state index contributed by atoms with van der Waals surface area (Å²) in [7, 11) is 1.36. The van der Waals surface area contributed by atoms with E-state index in [0.717, 1.165) is 37.4 Å². The van der Waals surface area contributed by atoms with Gasteiger partial charge in [0, 0.05) is 31.9 Å². The lowest BCUT2D eigenvalue weighted by molar-refractivity contribution is 0.0600. The van der Waals surface area contributed by atoms with Crippen molar-refractivity contribution in [2.24, 2.45) is 10.7 Å². The van der Waals surface area contributed by atoms with Crippen LogP contribution in [0, 0.1) is 5.82 Å². The van der Waals surface area contributed by atoms with Crippen LogP contribution in [-0.2, 0) is 11.3 Å². The summed E-state index contributed by atoms with van der Waals surface area (Å²) in [6.07, 6.45) is 0. The van der Waals surface area contributed by atoms with Crippen molar-refractivity contribution in [1.82, 2.24) is 4.90 Å². The molecule has 7 heteroatoms. The molecule has 0 unspecified atom stereocenters. The number of esters is 1. The molecule has 2 N–H and O–H groups in total. The number of aliphatic imine (C=N–C) groups is 1. The molecule has 0 bridgehead atoms. The molecule has 0 aliphatic carbocycles. The highest BCUT2D eigenvalue weighted by Crippen LogP contribution is 2.17. The van der Waals surface area contributed by atoms with Gasteiger partial charge in [-0.3, -0.25) is 0 Å². The van der Waals surface area contributed by atoms with Crippen LogP contribution in [-0.4, -0.2) is 50.1 Å². The molecule has 3 rings (SSSR count). The number of guanidine groups is 1. The Labute approximate surface area is 158 Å². The van der Waals surface area contributed by atoms with Crippen LogP contribution >= 0.6 is 0 Å². The fraction of sp³-hybridized carbons (Fsp3) is 0.300. The third kappa shape index (κ3) is 4.75. The van der Waals surface area contributed by atoms with Crippen LogP contribution in [0.3, 0.4) is 0 Å². The van der Waals surface area contributed by atoms with Crippen LogP contribution in [0.5, 0.6) is 0 Å². The van der Waals surface area contributed by atoms with Crippen LogP contribution in [0.2, 0.25) is 0 Å². The molecule has 0 spiro atoms. The first-order chi connectivity index (χ1) is 13.1. The zero-order valence-electron chi connectivity index (χ0n) is 15.3. The van der Waals surface area contributed by atoms with E-state index in [0.29, 0.717) is 18.1 Å². The molecule has 1 fully saturated rings. The Morgan fingerprint density at radius 3 is 2.52 bits per heavy atom. The van der Waals surface area contributed by atoms with Crippen molar-refractivity contribution in [3.8, 4) is 0 Å². The minimum atomic E-state index is -0.370. The molecule has 2 aromatic carbocycles. The number of carbonyl (C=O) groups is 1. The van der Waals surface area contributed by atoms with Crippen molar-refractivity contribution < 1.29 is 13.9 Å². The zero-order chi connectivity index (χ0) is 19.2. The smallest absolute Gasteiger partial charge is 0.337 e. The average Bonchev–Trinajstić information content (AvgIpc) is 2.72. The molecule has 0 amide bonds. The number of hydrogen-bond acceptors (Lipinski definition) is 4. The Balaban J connectivity index is 1.56. The first-order valence-corrected chi connectivity index (χ1v) is 8.79. The van der Waals surface area contributed by atoms with E-state index in [-0.39, 0.29) is 11.8 Å². The molecule has 142 valence electrons. The van der Waals surface area contributed by atoms with Gasteiger partial charge < -0.3 is 20.3 Å². The van der Waals surface area contributed by atoms with Gasteiger partial charge in [0.25, 0.3) is 0 Å². The number of benzene rings is 2. The number of nitrogens with zero attached hydrogens (tertiary/aromatic N) is 3. The minimum Gasteiger partial charge on any atom is -0.465 e. The van der Waals surface area contributed by atoms with Gasteiger partial charge in [0.1, 0.15) is 5.82 Å². The lowest BCUT2D eigenvalue weighted by atomic mass is 10.1. The number of ether oxygens (including phenoxy) is 1. The summed E-state index contributed by atoms with van der Waals surface area (Å²) in [5.74, 6) is -0.118. The number of carbonyl (C=O) groups excluding carboxylic acids is 1. The monoisotopic (exact) mass is 370 g/mol. The number of piperazine rings is 1. The molecule has 1 heterocycles. The highest BCUT2D eigenvalue weighted by Gasteiger charge is 2.18. The Morgan fingerprint density at radius 1 is 1.15 bits per heavy atom. The molecular formula is C20H23FN4O2. The van der Waals surface area contributed by atoms with Crippen molar-refractivity contribution in [1.29, 1.82) is 0 Å². The van der Waals surface area contributed by atoms with E-state index in [1.54, 1.807) is 30.3 Å². The van der Waals surface area contributed by atoms with Gasteiger partial charge in [-0.25, -0.2) is 14.2 Å². The number of halogens is 1. The van der Waals surface area contributed by atoms with Crippen LogP contribution in [0.25, 0.3) is 0 Å². The Hall–Kier alpha value is -3.09. The van der Waals surface area contributed by atoms with Crippen LogP contribution < -0.4 is 10.6 Å². The largest absolute Gasteiger partial charge is 0.465 e. The number of nitrogens with two attached hydrogens (primary N) is 1. The van der Waals surface area contributed by atoms with E-state index in [1.807, 2.05) is 11.0 Å². The number of rotatable bonds is 4. The Kier molecular flexibility index (Phi) is 5.90. The van der Waals surface area contributed by atoms with Gasteiger partial charge in [0.05, 0.1) is 19.2 Å². The molecule has 2 aromatic rings. The molecular weight excluding hydrogens is 347 g/mol. The summed E-state index contributed by atoms with van der Waals surface area (Å²) >= 11 is 0. The van der Waals surface area contributed by atoms with Gasteiger partial charge in [-0.1, -0.05) is 12.1 Å². The van der Waals surface area contributed by atoms with Crippen molar-refractivity contribution in [3.05, 3.63) is 65.5 Å². The maximum atomic E-state index is 13.1. The van der Waals surface area contributed by atoms with Gasteiger partial charge >= 0.3 is 5.97 Å². The summed E-state index contributed by atoms with van der Waals surface area (Å²) in [5, 5.41) is 0. The van der Waals surface area contributed by atoms with Gasteiger partial charge in [-0.05, 0) is 42.0 Å². The molecule has 1 aliphatic rings. The predicted molar refractivity (Wildman–Crippen MR) is 103 cm³/mol. The molecule has 0 saturated carbocycles. The van der Waals surface area contributed by atoms with Gasteiger partial charge in [0.15, 0.2) is 5.96 Å². The SMILES string of the molecule is COC(=O)c1cccc(CN=C(N)N2CCN(c3ccc(F)cc3)CC2)c1. The summed E-state index contributed by atoms with van der Waals surface area (Å²) in [5.41, 5.74) is 8.54. The fourth-order valence-corrected chi connectivity index (χ4v) is 3.03. The van der Waals surface area contributed by atoms with E-state index in [1.165, 1.54) is 19.2 Å². The van der Waals surface area contributed by atoms with Crippen LogP contribution in [0.4, 0.5) is 10.1 Å². The topological polar surface area (TPSA) is 71.2 Å². The number of hydrogen-bond donors (Lipinski definition) is 1. The molecule has 0 radical (unpaired) electrons. The van der Waals surface area contributed by atoms with Crippen molar-refractivity contribution in [3.63, 3.8) is 0 Å². The van der Waals surface area contributed by atoms with E-state index < -0.39 is 0 Å². The van der Waals surface area contributed by atoms with Gasteiger partial charge in [-0.15, -0.1) is 0 Å². The third-order valence-electron chi connectivity index (χ3n) is 4.57. The lowest BCUT2D eigenvalue weighted by Gasteiger charge is -2.36. The van der Waals surface area contributed by atoms with Gasteiger partial charge in [-0.2, -0.15) is 0 Å². The Bertz CT molecular complexity index is 815. The summed E-state index contributed by atoms with van der Waals surface area (Å²) in [4.78, 5) is 20.3. The standard InChI is InChI=1S/C20H23FN4O2/c1-27-19(26)16-4-2-3-15(13-16)14-23-20(22)25-11-9-24(10-12-25)18-7-5-17(21)6-8-18/h2-8,13H,9-12,14H2,1H3,(H2,22,23). The zero-order valence-corrected chi connectivity index (χ0v) is 15.3. The first kappa shape index (κ1) is 18.7. The van der Waals surface area contributed by atoms with Crippen molar-refractivity contribution in [2.75, 3.05) is 38.2 Å². The predicted octanol–water partition coefficient (Wildman–Crippen LogP) is 2.25. The lowest BCUT2D eigenvalue weighted by Crippen LogP contribution is -2.51. The average molecular weight is 370 g/mol. The quantitative estimate of drug-likeness (QED) is 0.508. The number of anilines is 1. The third-order valence-corrected chi connectivity index (χ3v) is 4.57. The van der Waals surface area contributed by atoms with Crippen molar-refractivity contribution in [2.45, 2.75) is 6.54 Å². The summed E-state index contributed by atoms with van der Waals surface area (Å²) in [6.45, 7) is 3.47. The van der Waals surface area contributed by atoms with Crippen molar-refractivity contribution >= 4 is 17.6 Å². The molecule has 27 heavy (non-hydrogen) atoms. The van der Waals surface area contributed by atoms with E-state index in [9.17, 15) is 9.18 Å². The van der Waals surface area contributed by atoms with Crippen LogP contribution in [0.1, 0.15) is 15.9 Å². The molecule has 1 aliphatic heterocycles. The molecule has 6 nitrogen and oxygen atoms in total. The normalized spacial score (nSPS) is 15.0. The van der Waals surface area contributed by atoms with E-state index in [2.05, 4.69) is 9.89 Å². The maximum absolute atomic E-state index is 13.1. The summed E-state index contributed by atoms with van der Waals surface area (Å²) < 4.78 is 17.8. The minimum absolute atomic E-state index is 0.231. The van der Waals surface area contributed by atoms with Gasteiger partial charge in [0.2, 0.25) is 0 Å². The first-order valence-electron chi connectivity index (χ1n) is 8.79. The summed E-state index contributed by atoms with van der Waals surface area (Å²) in [6, 6.07) is 13.7. The molecule has 1 saturated heterocycles. The highest BCUT2D eigenvalue weighted by atomic mass is 19.1. The second-order valence-corrected chi connectivity index (χ2v) is 6.32. The second kappa shape index (κ2) is 8.53.